The van der Waals surface area contributed by atoms with E-state index in [1.165, 1.54) is 12.8 Å². The van der Waals surface area contributed by atoms with Crippen molar-refractivity contribution in [3.63, 3.8) is 0 Å². The van der Waals surface area contributed by atoms with Crippen LogP contribution < -0.4 is 5.32 Å². The first-order chi connectivity index (χ1) is 5.97. The molecule has 13 heavy (non-hydrogen) atoms. The van der Waals surface area contributed by atoms with Gasteiger partial charge in [-0.05, 0) is 37.0 Å². The summed E-state index contributed by atoms with van der Waals surface area (Å²) in [5, 5.41) is 3.08. The third-order valence-corrected chi connectivity index (χ3v) is 4.85. The fourth-order valence-corrected chi connectivity index (χ4v) is 3.88. The molecule has 1 amide bonds. The lowest BCUT2D eigenvalue weighted by molar-refractivity contribution is -0.145. The fraction of sp³-hybridized carbons (Fsp3) is 0.909. The Morgan fingerprint density at radius 1 is 1.38 bits per heavy atom. The molecule has 0 bridgehead atoms. The van der Waals surface area contributed by atoms with Crippen LogP contribution in [0.3, 0.4) is 0 Å². The molecule has 2 saturated carbocycles. The van der Waals surface area contributed by atoms with Gasteiger partial charge in [0.05, 0.1) is 5.92 Å². The number of nitrogens with one attached hydrogen (secondary N) is 1. The molecular formula is C11H17NO. The molecule has 2 aliphatic carbocycles. The predicted molar refractivity (Wildman–Crippen MR) is 50.0 cm³/mol. The zero-order chi connectivity index (χ0) is 9.43. The van der Waals surface area contributed by atoms with E-state index in [2.05, 4.69) is 26.1 Å². The number of β-lactam (4-membered cyclic amide) rings is 1. The molecule has 2 heteroatoms. The monoisotopic (exact) mass is 179 g/mol. The normalized spacial score (nSPS) is 55.6. The molecule has 1 saturated heterocycles. The van der Waals surface area contributed by atoms with Gasteiger partial charge in [-0.2, -0.15) is 0 Å². The maximum Gasteiger partial charge on any atom is 0.226 e. The molecule has 3 fully saturated rings. The first kappa shape index (κ1) is 7.84. The molecule has 4 atom stereocenters. The molecule has 0 spiro atoms. The summed E-state index contributed by atoms with van der Waals surface area (Å²) >= 11 is 0. The van der Waals surface area contributed by atoms with E-state index in [0.29, 0.717) is 23.2 Å². The highest BCUT2D eigenvalue weighted by Crippen LogP contribution is 2.70. The number of rotatable bonds is 0. The van der Waals surface area contributed by atoms with E-state index in [-0.39, 0.29) is 5.54 Å². The lowest BCUT2D eigenvalue weighted by Gasteiger charge is -2.50. The van der Waals surface area contributed by atoms with Crippen LogP contribution in [0.5, 0.6) is 0 Å². The lowest BCUT2D eigenvalue weighted by Crippen LogP contribution is -2.69. The molecule has 0 radical (unpaired) electrons. The first-order valence-electron chi connectivity index (χ1n) is 5.29. The van der Waals surface area contributed by atoms with E-state index >= 15 is 0 Å². The smallest absolute Gasteiger partial charge is 0.226 e. The maximum atomic E-state index is 11.5. The Balaban J connectivity index is 1.94. The average molecular weight is 179 g/mol. The van der Waals surface area contributed by atoms with Crippen molar-refractivity contribution in [2.75, 3.05) is 0 Å². The van der Waals surface area contributed by atoms with Crippen molar-refractivity contribution in [1.29, 1.82) is 0 Å². The average Bonchev–Trinajstić information content (AvgIpc) is 2.50. The van der Waals surface area contributed by atoms with Gasteiger partial charge in [-0.15, -0.1) is 0 Å². The van der Waals surface area contributed by atoms with E-state index in [1.807, 2.05) is 0 Å². The molecule has 0 aromatic carbocycles. The van der Waals surface area contributed by atoms with Crippen LogP contribution in [-0.2, 0) is 4.79 Å². The Morgan fingerprint density at radius 3 is 2.62 bits per heavy atom. The van der Waals surface area contributed by atoms with Crippen molar-refractivity contribution in [2.24, 2.45) is 23.2 Å². The van der Waals surface area contributed by atoms with Crippen molar-refractivity contribution in [3.05, 3.63) is 0 Å². The van der Waals surface area contributed by atoms with Gasteiger partial charge in [-0.25, -0.2) is 0 Å². The van der Waals surface area contributed by atoms with E-state index in [0.717, 1.165) is 5.92 Å². The number of hydrogen-bond donors (Lipinski definition) is 1. The zero-order valence-electron chi connectivity index (χ0n) is 8.55. The number of amides is 1. The third-order valence-electron chi connectivity index (χ3n) is 4.85. The van der Waals surface area contributed by atoms with Gasteiger partial charge >= 0.3 is 0 Å². The summed E-state index contributed by atoms with van der Waals surface area (Å²) in [6.45, 7) is 6.85. The predicted octanol–water partition coefficient (Wildman–Crippen LogP) is 1.56. The number of carbonyl (C=O) groups is 1. The molecular weight excluding hydrogens is 162 g/mol. The lowest BCUT2D eigenvalue weighted by atomic mass is 9.67. The van der Waals surface area contributed by atoms with Gasteiger partial charge in [0.1, 0.15) is 0 Å². The Kier molecular flexibility index (Phi) is 1.08. The first-order valence-corrected chi connectivity index (χ1v) is 5.29. The Labute approximate surface area is 79.1 Å². The van der Waals surface area contributed by atoms with Crippen LogP contribution in [-0.4, -0.2) is 11.4 Å². The standard InChI is InChI=1S/C11H17NO/c1-10(2)6-4-5-11(3)8(7(6)10)9(13)12-11/h6-8H,4-5H2,1-3H3,(H,12,13)/t6-,7-,8-,11-/m1/s1. The molecule has 1 N–H and O–H groups in total. The zero-order valence-corrected chi connectivity index (χ0v) is 8.55. The van der Waals surface area contributed by atoms with Crippen molar-refractivity contribution in [3.8, 4) is 0 Å². The minimum absolute atomic E-state index is 0.159. The van der Waals surface area contributed by atoms with Gasteiger partial charge in [-0.3, -0.25) is 4.79 Å². The quantitative estimate of drug-likeness (QED) is 0.562. The van der Waals surface area contributed by atoms with Gasteiger partial charge in [0.2, 0.25) is 5.91 Å². The van der Waals surface area contributed by atoms with Crippen LogP contribution in [0.15, 0.2) is 0 Å². The highest BCUT2D eigenvalue weighted by Gasteiger charge is 2.71. The van der Waals surface area contributed by atoms with Crippen molar-refractivity contribution in [1.82, 2.24) is 5.32 Å². The molecule has 1 aliphatic heterocycles. The molecule has 3 rings (SSSR count). The van der Waals surface area contributed by atoms with Gasteiger partial charge in [0.15, 0.2) is 0 Å². The summed E-state index contributed by atoms with van der Waals surface area (Å²) in [6.07, 6.45) is 2.50. The second kappa shape index (κ2) is 1.79. The molecule has 72 valence electrons. The largest absolute Gasteiger partial charge is 0.350 e. The van der Waals surface area contributed by atoms with Crippen LogP contribution in [0.25, 0.3) is 0 Å². The molecule has 1 heterocycles. The highest BCUT2D eigenvalue weighted by molar-refractivity contribution is 5.88. The number of hydrogen-bond acceptors (Lipinski definition) is 1. The summed E-state index contributed by atoms with van der Waals surface area (Å²) in [6, 6.07) is 0. The van der Waals surface area contributed by atoms with Gasteiger partial charge in [0.25, 0.3) is 0 Å². The summed E-state index contributed by atoms with van der Waals surface area (Å²) in [5.74, 6) is 2.15. The highest BCUT2D eigenvalue weighted by atomic mass is 16.2. The van der Waals surface area contributed by atoms with Crippen LogP contribution >= 0.6 is 0 Å². The molecule has 2 nitrogen and oxygen atoms in total. The Bertz CT molecular complexity index is 296. The molecule has 0 aromatic rings. The van der Waals surface area contributed by atoms with Crippen molar-refractivity contribution < 1.29 is 4.79 Å². The van der Waals surface area contributed by atoms with E-state index in [1.54, 1.807) is 0 Å². The summed E-state index contributed by atoms with van der Waals surface area (Å²) in [7, 11) is 0. The van der Waals surface area contributed by atoms with Crippen molar-refractivity contribution in [2.45, 2.75) is 39.2 Å². The van der Waals surface area contributed by atoms with Crippen LogP contribution in [0.2, 0.25) is 0 Å². The Hall–Kier alpha value is -0.530. The van der Waals surface area contributed by atoms with Crippen LogP contribution in [0.4, 0.5) is 0 Å². The van der Waals surface area contributed by atoms with Gasteiger partial charge in [-0.1, -0.05) is 13.8 Å². The topological polar surface area (TPSA) is 29.1 Å². The minimum atomic E-state index is 0.159. The second-order valence-corrected chi connectivity index (χ2v) is 5.88. The molecule has 0 unspecified atom stereocenters. The SMILES string of the molecule is CC1(C)[C@@H]2[C@H]1CC[C@@]1(C)NC(=O)[C@@H]21. The third kappa shape index (κ3) is 0.695. The number of fused-ring (bicyclic) bond motifs is 3. The van der Waals surface area contributed by atoms with Gasteiger partial charge in [0, 0.05) is 5.54 Å². The second-order valence-electron chi connectivity index (χ2n) is 5.88. The molecule has 0 aromatic heterocycles. The number of carbonyl (C=O) groups excluding carboxylic acids is 1. The fourth-order valence-electron chi connectivity index (χ4n) is 3.88. The summed E-state index contributed by atoms with van der Waals surface area (Å²) in [5.41, 5.74) is 0.603. The van der Waals surface area contributed by atoms with Crippen LogP contribution in [0, 0.1) is 23.2 Å². The Morgan fingerprint density at radius 2 is 2.08 bits per heavy atom. The van der Waals surface area contributed by atoms with E-state index in [9.17, 15) is 4.79 Å². The van der Waals surface area contributed by atoms with E-state index < -0.39 is 0 Å². The van der Waals surface area contributed by atoms with Gasteiger partial charge < -0.3 is 5.32 Å². The maximum absolute atomic E-state index is 11.5. The summed E-state index contributed by atoms with van der Waals surface area (Å²) in [4.78, 5) is 11.5. The summed E-state index contributed by atoms with van der Waals surface area (Å²) < 4.78 is 0. The molecule has 3 aliphatic rings. The van der Waals surface area contributed by atoms with Crippen molar-refractivity contribution >= 4 is 5.91 Å². The minimum Gasteiger partial charge on any atom is -0.350 e. The van der Waals surface area contributed by atoms with Crippen LogP contribution in [0.1, 0.15) is 33.6 Å². The van der Waals surface area contributed by atoms with E-state index in [4.69, 9.17) is 0 Å².